The molecule has 0 fully saturated rings. The van der Waals surface area contributed by atoms with E-state index in [0.717, 1.165) is 12.1 Å². The third kappa shape index (κ3) is 2.93. The van der Waals surface area contributed by atoms with Gasteiger partial charge in [0.2, 0.25) is 0 Å². The Morgan fingerprint density at radius 3 is 2.35 bits per heavy atom. The van der Waals surface area contributed by atoms with Gasteiger partial charge in [0.25, 0.3) is 0 Å². The van der Waals surface area contributed by atoms with Crippen LogP contribution in [0.1, 0.15) is 11.1 Å². The molecule has 0 aliphatic rings. The minimum atomic E-state index is -0.880. The van der Waals surface area contributed by atoms with Crippen molar-refractivity contribution in [3.8, 4) is 11.5 Å². The van der Waals surface area contributed by atoms with E-state index in [-0.39, 0.29) is 12.3 Å². The van der Waals surface area contributed by atoms with Gasteiger partial charge in [0.15, 0.2) is 29.0 Å². The van der Waals surface area contributed by atoms with Crippen LogP contribution in [0.15, 0.2) is 30.3 Å². The van der Waals surface area contributed by atoms with Gasteiger partial charge in [0, 0.05) is 0 Å². The van der Waals surface area contributed by atoms with E-state index in [1.54, 1.807) is 19.1 Å². The molecule has 2 N–H and O–H groups in total. The second-order valence-electron chi connectivity index (χ2n) is 4.42. The summed E-state index contributed by atoms with van der Waals surface area (Å²) in [6, 6.07) is 6.68. The monoisotopic (exact) mass is 281 g/mol. The average molecular weight is 281 g/mol. The summed E-state index contributed by atoms with van der Waals surface area (Å²) in [7, 11) is 0. The lowest BCUT2D eigenvalue weighted by Crippen LogP contribution is -2.04. The first kappa shape index (κ1) is 14.4. The Kier molecular flexibility index (Phi) is 4.29. The quantitative estimate of drug-likeness (QED) is 0.927. The SMILES string of the molecule is Cc1cccc(Oc2c(F)cc(CCN)cc2F)c1F. The summed E-state index contributed by atoms with van der Waals surface area (Å²) in [6.07, 6.45) is 0.354. The molecule has 0 unspecified atom stereocenters. The van der Waals surface area contributed by atoms with Gasteiger partial charge in [-0.05, 0) is 49.2 Å². The van der Waals surface area contributed by atoms with E-state index in [0.29, 0.717) is 17.5 Å². The summed E-state index contributed by atoms with van der Waals surface area (Å²) < 4.78 is 46.4. The van der Waals surface area contributed by atoms with Crippen LogP contribution in [0.3, 0.4) is 0 Å². The molecule has 5 heteroatoms. The summed E-state index contributed by atoms with van der Waals surface area (Å²) in [4.78, 5) is 0. The number of hydrogen-bond acceptors (Lipinski definition) is 2. The number of hydrogen-bond donors (Lipinski definition) is 1. The first-order valence-corrected chi connectivity index (χ1v) is 6.14. The van der Waals surface area contributed by atoms with Gasteiger partial charge in [-0.2, -0.15) is 0 Å². The van der Waals surface area contributed by atoms with E-state index in [2.05, 4.69) is 0 Å². The maximum atomic E-state index is 13.8. The molecular weight excluding hydrogens is 267 g/mol. The lowest BCUT2D eigenvalue weighted by atomic mass is 10.1. The zero-order chi connectivity index (χ0) is 14.7. The van der Waals surface area contributed by atoms with Crippen molar-refractivity contribution in [1.82, 2.24) is 0 Å². The van der Waals surface area contributed by atoms with Gasteiger partial charge in [0.05, 0.1) is 0 Å². The van der Waals surface area contributed by atoms with E-state index in [1.807, 2.05) is 0 Å². The Bertz CT molecular complexity index is 606. The summed E-state index contributed by atoms with van der Waals surface area (Å²) in [5, 5.41) is 0. The Labute approximate surface area is 115 Å². The highest BCUT2D eigenvalue weighted by molar-refractivity contribution is 5.38. The molecule has 2 aromatic rings. The molecule has 2 nitrogen and oxygen atoms in total. The van der Waals surface area contributed by atoms with Gasteiger partial charge >= 0.3 is 0 Å². The molecule has 0 atom stereocenters. The van der Waals surface area contributed by atoms with Crippen LogP contribution in [-0.2, 0) is 6.42 Å². The highest BCUT2D eigenvalue weighted by Gasteiger charge is 2.16. The number of aryl methyl sites for hydroxylation is 1. The second kappa shape index (κ2) is 5.96. The lowest BCUT2D eigenvalue weighted by molar-refractivity contribution is 0.385. The molecule has 20 heavy (non-hydrogen) atoms. The molecule has 0 aliphatic carbocycles. The normalized spacial score (nSPS) is 10.7. The van der Waals surface area contributed by atoms with Gasteiger partial charge in [-0.15, -0.1) is 0 Å². The largest absolute Gasteiger partial charge is 0.448 e. The predicted octanol–water partition coefficient (Wildman–Crippen LogP) is 3.71. The first-order chi connectivity index (χ1) is 9.52. The van der Waals surface area contributed by atoms with E-state index < -0.39 is 23.2 Å². The molecule has 0 aromatic heterocycles. The molecule has 0 saturated carbocycles. The van der Waals surface area contributed by atoms with Crippen LogP contribution >= 0.6 is 0 Å². The molecule has 0 saturated heterocycles. The Morgan fingerprint density at radius 2 is 1.75 bits per heavy atom. The van der Waals surface area contributed by atoms with Crippen molar-refractivity contribution in [3.63, 3.8) is 0 Å². The van der Waals surface area contributed by atoms with E-state index in [1.165, 1.54) is 6.07 Å². The number of nitrogens with two attached hydrogens (primary N) is 1. The molecule has 0 spiro atoms. The molecule has 0 heterocycles. The van der Waals surface area contributed by atoms with E-state index in [9.17, 15) is 13.2 Å². The predicted molar refractivity (Wildman–Crippen MR) is 70.3 cm³/mol. The minimum absolute atomic E-state index is 0.214. The van der Waals surface area contributed by atoms with Crippen LogP contribution < -0.4 is 10.5 Å². The van der Waals surface area contributed by atoms with Crippen molar-refractivity contribution >= 4 is 0 Å². The van der Waals surface area contributed by atoms with E-state index in [4.69, 9.17) is 10.5 Å². The summed E-state index contributed by atoms with van der Waals surface area (Å²) in [6.45, 7) is 1.82. The zero-order valence-electron chi connectivity index (χ0n) is 10.9. The van der Waals surface area contributed by atoms with Gasteiger partial charge < -0.3 is 10.5 Å². The average Bonchev–Trinajstić information content (AvgIpc) is 2.39. The van der Waals surface area contributed by atoms with E-state index >= 15 is 0 Å². The Morgan fingerprint density at radius 1 is 1.10 bits per heavy atom. The van der Waals surface area contributed by atoms with Gasteiger partial charge in [-0.25, -0.2) is 13.2 Å². The topological polar surface area (TPSA) is 35.2 Å². The fourth-order valence-electron chi connectivity index (χ4n) is 1.83. The Hall–Kier alpha value is -2.01. The minimum Gasteiger partial charge on any atom is -0.448 e. The van der Waals surface area contributed by atoms with Crippen molar-refractivity contribution in [2.45, 2.75) is 13.3 Å². The summed E-state index contributed by atoms with van der Waals surface area (Å²) >= 11 is 0. The molecule has 0 amide bonds. The number of rotatable bonds is 4. The highest BCUT2D eigenvalue weighted by Crippen LogP contribution is 2.31. The maximum absolute atomic E-state index is 13.8. The van der Waals surface area contributed by atoms with Crippen molar-refractivity contribution in [3.05, 3.63) is 58.9 Å². The molecule has 0 aliphatic heterocycles. The second-order valence-corrected chi connectivity index (χ2v) is 4.42. The van der Waals surface area contributed by atoms with Gasteiger partial charge in [-0.1, -0.05) is 12.1 Å². The summed E-state index contributed by atoms with van der Waals surface area (Å²) in [5.74, 6) is -3.23. The molecule has 106 valence electrons. The maximum Gasteiger partial charge on any atom is 0.198 e. The number of ether oxygens (including phenoxy) is 1. The van der Waals surface area contributed by atoms with Crippen LogP contribution in [-0.4, -0.2) is 6.54 Å². The van der Waals surface area contributed by atoms with Crippen LogP contribution in [0.4, 0.5) is 13.2 Å². The first-order valence-electron chi connectivity index (χ1n) is 6.14. The molecule has 0 bridgehead atoms. The standard InChI is InChI=1S/C15H14F3NO/c1-9-3-2-4-13(14(9)18)20-15-11(16)7-10(5-6-19)8-12(15)17/h2-4,7-8H,5-6,19H2,1H3. The van der Waals surface area contributed by atoms with Crippen molar-refractivity contribution < 1.29 is 17.9 Å². The van der Waals surface area contributed by atoms with Gasteiger partial charge in [-0.3, -0.25) is 0 Å². The molecule has 2 aromatic carbocycles. The van der Waals surface area contributed by atoms with Crippen LogP contribution in [0.5, 0.6) is 11.5 Å². The van der Waals surface area contributed by atoms with Crippen molar-refractivity contribution in [2.75, 3.05) is 6.54 Å². The number of halogens is 3. The zero-order valence-corrected chi connectivity index (χ0v) is 10.9. The van der Waals surface area contributed by atoms with Crippen LogP contribution in [0, 0.1) is 24.4 Å². The van der Waals surface area contributed by atoms with Crippen molar-refractivity contribution in [2.24, 2.45) is 5.73 Å². The number of benzene rings is 2. The lowest BCUT2D eigenvalue weighted by Gasteiger charge is -2.11. The molecule has 0 radical (unpaired) electrons. The highest BCUT2D eigenvalue weighted by atomic mass is 19.1. The Balaban J connectivity index is 2.36. The molecule has 2 rings (SSSR count). The van der Waals surface area contributed by atoms with Gasteiger partial charge in [0.1, 0.15) is 0 Å². The third-order valence-corrected chi connectivity index (χ3v) is 2.86. The van der Waals surface area contributed by atoms with Crippen LogP contribution in [0.25, 0.3) is 0 Å². The van der Waals surface area contributed by atoms with Crippen LogP contribution in [0.2, 0.25) is 0 Å². The summed E-state index contributed by atoms with van der Waals surface area (Å²) in [5.41, 5.74) is 6.10. The molecular formula is C15H14F3NO. The fourth-order valence-corrected chi connectivity index (χ4v) is 1.83. The fraction of sp³-hybridized carbons (Fsp3) is 0.200. The smallest absolute Gasteiger partial charge is 0.198 e. The third-order valence-electron chi connectivity index (χ3n) is 2.86. The van der Waals surface area contributed by atoms with Crippen molar-refractivity contribution in [1.29, 1.82) is 0 Å².